The number of ether oxygens (including phenoxy) is 2. The number of amides is 2. The topological polar surface area (TPSA) is 54.0 Å². The van der Waals surface area contributed by atoms with Crippen molar-refractivity contribution in [1.82, 2.24) is 15.1 Å². The highest BCUT2D eigenvalue weighted by atomic mass is 16.5. The predicted molar refractivity (Wildman–Crippen MR) is 110 cm³/mol. The minimum atomic E-state index is -0.0261. The van der Waals surface area contributed by atoms with Crippen molar-refractivity contribution in [2.45, 2.75) is 19.5 Å². The number of benzene rings is 2. The number of nitrogens with zero attached hydrogens (tertiary/aromatic N) is 2. The fourth-order valence-electron chi connectivity index (χ4n) is 3.53. The molecule has 1 N–H and O–H groups in total. The molecule has 6 heteroatoms. The van der Waals surface area contributed by atoms with E-state index in [4.69, 9.17) is 9.47 Å². The van der Waals surface area contributed by atoms with Gasteiger partial charge >= 0.3 is 6.03 Å². The smallest absolute Gasteiger partial charge is 0.317 e. The Balaban J connectivity index is 1.49. The molecule has 1 fully saturated rings. The number of piperazine rings is 1. The highest BCUT2D eigenvalue weighted by molar-refractivity contribution is 5.74. The highest BCUT2D eigenvalue weighted by Gasteiger charge is 2.24. The number of carbonyl (C=O) groups excluding carboxylic acids is 1. The van der Waals surface area contributed by atoms with Crippen molar-refractivity contribution >= 4 is 6.03 Å². The Labute approximate surface area is 167 Å². The zero-order chi connectivity index (χ0) is 19.9. The van der Waals surface area contributed by atoms with Gasteiger partial charge in [-0.05, 0) is 30.2 Å². The van der Waals surface area contributed by atoms with E-state index in [1.54, 1.807) is 14.2 Å². The number of carbonyl (C=O) groups is 1. The molecule has 0 radical (unpaired) electrons. The van der Waals surface area contributed by atoms with Crippen LogP contribution in [0, 0.1) is 0 Å². The van der Waals surface area contributed by atoms with Crippen molar-refractivity contribution < 1.29 is 14.3 Å². The lowest BCUT2D eigenvalue weighted by Gasteiger charge is -2.38. The molecule has 0 saturated carbocycles. The van der Waals surface area contributed by atoms with E-state index < -0.39 is 0 Å². The van der Waals surface area contributed by atoms with Crippen molar-refractivity contribution in [2.75, 3.05) is 40.4 Å². The van der Waals surface area contributed by atoms with Gasteiger partial charge in [0.05, 0.1) is 14.2 Å². The molecule has 28 heavy (non-hydrogen) atoms. The SMILES string of the molecule is COc1ccc(CNC(=O)N2CCN(C(C)c3ccccc3)CC2)cc1OC. The molecule has 3 rings (SSSR count). The summed E-state index contributed by atoms with van der Waals surface area (Å²) in [5.41, 5.74) is 2.29. The first-order chi connectivity index (χ1) is 13.6. The number of rotatable bonds is 6. The van der Waals surface area contributed by atoms with Gasteiger partial charge in [-0.2, -0.15) is 0 Å². The minimum absolute atomic E-state index is 0.0261. The third-order valence-corrected chi connectivity index (χ3v) is 5.32. The molecule has 1 unspecified atom stereocenters. The van der Waals surface area contributed by atoms with Crippen LogP contribution in [0.2, 0.25) is 0 Å². The molecular weight excluding hydrogens is 354 g/mol. The third-order valence-electron chi connectivity index (χ3n) is 5.32. The molecule has 0 aliphatic carbocycles. The summed E-state index contributed by atoms with van der Waals surface area (Å²) >= 11 is 0. The van der Waals surface area contributed by atoms with E-state index in [2.05, 4.69) is 41.4 Å². The summed E-state index contributed by atoms with van der Waals surface area (Å²) in [5.74, 6) is 1.35. The van der Waals surface area contributed by atoms with E-state index in [1.807, 2.05) is 29.2 Å². The van der Waals surface area contributed by atoms with Crippen LogP contribution in [0.1, 0.15) is 24.1 Å². The van der Waals surface area contributed by atoms with Crippen molar-refractivity contribution in [3.05, 3.63) is 59.7 Å². The minimum Gasteiger partial charge on any atom is -0.493 e. The maximum absolute atomic E-state index is 12.5. The normalized spacial score (nSPS) is 15.8. The molecule has 2 aromatic rings. The predicted octanol–water partition coefficient (Wildman–Crippen LogP) is 3.29. The molecule has 1 aliphatic heterocycles. The summed E-state index contributed by atoms with van der Waals surface area (Å²) in [6.07, 6.45) is 0. The van der Waals surface area contributed by atoms with Gasteiger partial charge < -0.3 is 19.7 Å². The Morgan fingerprint density at radius 3 is 2.32 bits per heavy atom. The van der Waals surface area contributed by atoms with Gasteiger partial charge in [0.25, 0.3) is 0 Å². The summed E-state index contributed by atoms with van der Waals surface area (Å²) in [5, 5.41) is 3.01. The standard InChI is InChI=1S/C22H29N3O3/c1-17(19-7-5-4-6-8-19)24-11-13-25(14-12-24)22(26)23-16-18-9-10-20(27-2)21(15-18)28-3/h4-10,15,17H,11-14,16H2,1-3H3,(H,23,26). The Hall–Kier alpha value is -2.73. The molecule has 1 heterocycles. The van der Waals surface area contributed by atoms with Crippen LogP contribution in [0.4, 0.5) is 4.79 Å². The van der Waals surface area contributed by atoms with E-state index in [0.29, 0.717) is 24.1 Å². The monoisotopic (exact) mass is 383 g/mol. The second kappa shape index (κ2) is 9.46. The molecule has 1 aliphatic rings. The fraction of sp³-hybridized carbons (Fsp3) is 0.409. The number of hydrogen-bond donors (Lipinski definition) is 1. The van der Waals surface area contributed by atoms with Gasteiger partial charge in [-0.25, -0.2) is 4.79 Å². The molecular formula is C22H29N3O3. The average molecular weight is 383 g/mol. The second-order valence-corrected chi connectivity index (χ2v) is 6.96. The Kier molecular flexibility index (Phi) is 6.76. The highest BCUT2D eigenvalue weighted by Crippen LogP contribution is 2.27. The van der Waals surface area contributed by atoms with Crippen LogP contribution in [0.15, 0.2) is 48.5 Å². The lowest BCUT2D eigenvalue weighted by molar-refractivity contribution is 0.114. The van der Waals surface area contributed by atoms with Gasteiger partial charge in [-0.3, -0.25) is 4.90 Å². The zero-order valence-electron chi connectivity index (χ0n) is 16.9. The molecule has 150 valence electrons. The quantitative estimate of drug-likeness (QED) is 0.832. The molecule has 1 atom stereocenters. The lowest BCUT2D eigenvalue weighted by atomic mass is 10.1. The zero-order valence-corrected chi connectivity index (χ0v) is 16.9. The molecule has 1 saturated heterocycles. The second-order valence-electron chi connectivity index (χ2n) is 6.96. The summed E-state index contributed by atoms with van der Waals surface area (Å²) in [4.78, 5) is 16.8. The van der Waals surface area contributed by atoms with Crippen molar-refractivity contribution in [3.8, 4) is 11.5 Å². The first-order valence-corrected chi connectivity index (χ1v) is 9.65. The number of hydrogen-bond acceptors (Lipinski definition) is 4. The molecule has 2 amide bonds. The summed E-state index contributed by atoms with van der Waals surface area (Å²) < 4.78 is 10.6. The van der Waals surface area contributed by atoms with Gasteiger partial charge in [0.15, 0.2) is 11.5 Å². The summed E-state index contributed by atoms with van der Waals surface area (Å²) in [6, 6.07) is 16.5. The van der Waals surface area contributed by atoms with E-state index in [1.165, 1.54) is 5.56 Å². The number of urea groups is 1. The maximum Gasteiger partial charge on any atom is 0.317 e. The molecule has 0 aromatic heterocycles. The van der Waals surface area contributed by atoms with Crippen molar-refractivity contribution in [1.29, 1.82) is 0 Å². The fourth-order valence-corrected chi connectivity index (χ4v) is 3.53. The van der Waals surface area contributed by atoms with Crippen LogP contribution >= 0.6 is 0 Å². The van der Waals surface area contributed by atoms with Crippen LogP contribution < -0.4 is 14.8 Å². The Morgan fingerprint density at radius 2 is 1.68 bits per heavy atom. The van der Waals surface area contributed by atoms with Gasteiger partial charge in [-0.1, -0.05) is 36.4 Å². The number of methoxy groups -OCH3 is 2. The van der Waals surface area contributed by atoms with E-state index in [0.717, 1.165) is 31.7 Å². The Morgan fingerprint density at radius 1 is 1.00 bits per heavy atom. The first kappa shape index (κ1) is 20.0. The van der Waals surface area contributed by atoms with Crippen molar-refractivity contribution in [3.63, 3.8) is 0 Å². The molecule has 0 bridgehead atoms. The summed E-state index contributed by atoms with van der Waals surface area (Å²) in [7, 11) is 3.22. The van der Waals surface area contributed by atoms with E-state index in [9.17, 15) is 4.79 Å². The number of nitrogens with one attached hydrogen (secondary N) is 1. The summed E-state index contributed by atoms with van der Waals surface area (Å²) in [6.45, 7) is 5.89. The molecule has 2 aromatic carbocycles. The van der Waals surface area contributed by atoms with E-state index >= 15 is 0 Å². The molecule has 0 spiro atoms. The molecule has 6 nitrogen and oxygen atoms in total. The van der Waals surface area contributed by atoms with Gasteiger partial charge in [0.1, 0.15) is 0 Å². The van der Waals surface area contributed by atoms with Crippen LogP contribution in [-0.2, 0) is 6.54 Å². The van der Waals surface area contributed by atoms with E-state index in [-0.39, 0.29) is 6.03 Å². The van der Waals surface area contributed by atoms with Gasteiger partial charge in [0, 0.05) is 38.8 Å². The van der Waals surface area contributed by atoms with Crippen LogP contribution in [-0.4, -0.2) is 56.2 Å². The van der Waals surface area contributed by atoms with Crippen LogP contribution in [0.25, 0.3) is 0 Å². The largest absolute Gasteiger partial charge is 0.493 e. The van der Waals surface area contributed by atoms with Gasteiger partial charge in [0.2, 0.25) is 0 Å². The Bertz CT molecular complexity index is 774. The van der Waals surface area contributed by atoms with Crippen LogP contribution in [0.3, 0.4) is 0 Å². The van der Waals surface area contributed by atoms with Crippen LogP contribution in [0.5, 0.6) is 11.5 Å². The van der Waals surface area contributed by atoms with Gasteiger partial charge in [-0.15, -0.1) is 0 Å². The first-order valence-electron chi connectivity index (χ1n) is 9.65. The lowest BCUT2D eigenvalue weighted by Crippen LogP contribution is -2.52. The maximum atomic E-state index is 12.5. The average Bonchev–Trinajstić information content (AvgIpc) is 2.77. The third kappa shape index (κ3) is 4.75. The van der Waals surface area contributed by atoms with Crippen molar-refractivity contribution in [2.24, 2.45) is 0 Å².